The molecule has 0 aliphatic heterocycles. The van der Waals surface area contributed by atoms with Gasteiger partial charge < -0.3 is 16.4 Å². The van der Waals surface area contributed by atoms with Crippen molar-refractivity contribution in [3.63, 3.8) is 0 Å². The number of Topliss-reactive ketones (excluding diaryl/α,β-unsaturated/α-hetero) is 1. The van der Waals surface area contributed by atoms with Gasteiger partial charge in [-0.3, -0.25) is 14.4 Å². The summed E-state index contributed by atoms with van der Waals surface area (Å²) in [6.45, 7) is 0. The van der Waals surface area contributed by atoms with Crippen LogP contribution >= 0.6 is 11.3 Å². The van der Waals surface area contributed by atoms with E-state index in [9.17, 15) is 14.4 Å². The number of nitrogens with one attached hydrogen (secondary N) is 2. The second-order valence-electron chi connectivity index (χ2n) is 7.43. The van der Waals surface area contributed by atoms with E-state index in [1.165, 1.54) is 11.3 Å². The highest BCUT2D eigenvalue weighted by atomic mass is 32.1. The first-order chi connectivity index (χ1) is 15.0. The third-order valence-corrected chi connectivity index (χ3v) is 6.55. The maximum atomic E-state index is 13.3. The van der Waals surface area contributed by atoms with Gasteiger partial charge in [0.25, 0.3) is 11.8 Å². The van der Waals surface area contributed by atoms with Gasteiger partial charge in [0.05, 0.1) is 5.56 Å². The van der Waals surface area contributed by atoms with Crippen molar-refractivity contribution in [1.82, 2.24) is 5.32 Å². The Morgan fingerprint density at radius 3 is 2.13 bits per heavy atom. The molecule has 0 radical (unpaired) electrons. The van der Waals surface area contributed by atoms with Gasteiger partial charge in [0.15, 0.2) is 6.17 Å². The number of nitrogens with two attached hydrogens (primary N) is 1. The number of benzene rings is 2. The number of carbonyl (C=O) groups is 3. The molecule has 31 heavy (non-hydrogen) atoms. The Bertz CT molecular complexity index is 1110. The standard InChI is InChI=1S/C24H23N3O3S/c25-21(29)19-17-13-7-8-14-18(17)31-24(19)27-22(20(28)15-9-3-1-4-10-15)26-23(30)16-11-5-2-6-12-16/h1-6,9-12,22,27H,7-8,13-14H2,(H2,25,29)(H,26,30)/t22-/m1/s1. The molecule has 0 spiro atoms. The molecule has 1 aromatic heterocycles. The minimum absolute atomic E-state index is 0.299. The highest BCUT2D eigenvalue weighted by Crippen LogP contribution is 2.38. The fraction of sp³-hybridized carbons (Fsp3) is 0.208. The van der Waals surface area contributed by atoms with Gasteiger partial charge in [-0.25, -0.2) is 0 Å². The Morgan fingerprint density at radius 2 is 1.48 bits per heavy atom. The van der Waals surface area contributed by atoms with Crippen molar-refractivity contribution in [3.8, 4) is 0 Å². The molecule has 0 saturated carbocycles. The number of anilines is 1. The lowest BCUT2D eigenvalue weighted by molar-refractivity contribution is 0.0869. The zero-order valence-corrected chi connectivity index (χ0v) is 17.7. The summed E-state index contributed by atoms with van der Waals surface area (Å²) in [5.74, 6) is -1.21. The summed E-state index contributed by atoms with van der Waals surface area (Å²) >= 11 is 1.44. The van der Waals surface area contributed by atoms with Crippen LogP contribution in [0.15, 0.2) is 60.7 Å². The van der Waals surface area contributed by atoms with Crippen molar-refractivity contribution in [2.75, 3.05) is 5.32 Å². The lowest BCUT2D eigenvalue weighted by Crippen LogP contribution is -2.46. The van der Waals surface area contributed by atoms with Gasteiger partial charge in [-0.2, -0.15) is 0 Å². The molecular weight excluding hydrogens is 410 g/mol. The first-order valence-electron chi connectivity index (χ1n) is 10.2. The fourth-order valence-electron chi connectivity index (χ4n) is 3.80. The summed E-state index contributed by atoms with van der Waals surface area (Å²) in [4.78, 5) is 39.4. The van der Waals surface area contributed by atoms with Crippen molar-refractivity contribution < 1.29 is 14.4 Å². The number of rotatable bonds is 7. The lowest BCUT2D eigenvalue weighted by Gasteiger charge is -2.20. The molecule has 2 aromatic carbocycles. The predicted octanol–water partition coefficient (Wildman–Crippen LogP) is 3.78. The first kappa shape index (κ1) is 20.8. The van der Waals surface area contributed by atoms with Crippen molar-refractivity contribution in [1.29, 1.82) is 0 Å². The maximum Gasteiger partial charge on any atom is 0.253 e. The van der Waals surface area contributed by atoms with E-state index in [0.29, 0.717) is 21.7 Å². The summed E-state index contributed by atoms with van der Waals surface area (Å²) in [6.07, 6.45) is 2.69. The molecule has 1 heterocycles. The molecule has 6 nitrogen and oxygen atoms in total. The lowest BCUT2D eigenvalue weighted by atomic mass is 9.95. The molecular formula is C24H23N3O3S. The fourth-order valence-corrected chi connectivity index (χ4v) is 5.12. The number of hydrogen-bond donors (Lipinski definition) is 3. The largest absolute Gasteiger partial charge is 0.365 e. The molecule has 2 amide bonds. The van der Waals surface area contributed by atoms with Crippen LogP contribution in [0.1, 0.15) is 54.4 Å². The highest BCUT2D eigenvalue weighted by Gasteiger charge is 2.29. The Morgan fingerprint density at radius 1 is 0.871 bits per heavy atom. The monoisotopic (exact) mass is 433 g/mol. The van der Waals surface area contributed by atoms with Crippen LogP contribution in [0.3, 0.4) is 0 Å². The quantitative estimate of drug-likeness (QED) is 0.390. The van der Waals surface area contributed by atoms with Crippen LogP contribution in [0.25, 0.3) is 0 Å². The number of thiophene rings is 1. The number of carbonyl (C=O) groups excluding carboxylic acids is 3. The molecule has 158 valence electrons. The second kappa shape index (κ2) is 9.14. The first-order valence-corrected chi connectivity index (χ1v) is 11.0. The molecule has 1 aliphatic rings. The highest BCUT2D eigenvalue weighted by molar-refractivity contribution is 7.16. The van der Waals surface area contributed by atoms with Gasteiger partial charge in [-0.05, 0) is 43.4 Å². The normalized spacial score (nSPS) is 13.7. The van der Waals surface area contributed by atoms with E-state index in [1.54, 1.807) is 48.5 Å². The molecule has 1 aliphatic carbocycles. The van der Waals surface area contributed by atoms with Crippen LogP contribution in [0.4, 0.5) is 5.00 Å². The van der Waals surface area contributed by atoms with E-state index in [0.717, 1.165) is 36.1 Å². The van der Waals surface area contributed by atoms with Crippen molar-refractivity contribution in [2.45, 2.75) is 31.8 Å². The van der Waals surface area contributed by atoms with Crippen LogP contribution in [0.5, 0.6) is 0 Å². The Kier molecular flexibility index (Phi) is 6.13. The summed E-state index contributed by atoms with van der Waals surface area (Å²) in [6, 6.07) is 17.4. The number of aryl methyl sites for hydroxylation is 1. The predicted molar refractivity (Wildman–Crippen MR) is 122 cm³/mol. The van der Waals surface area contributed by atoms with Gasteiger partial charge in [-0.1, -0.05) is 48.5 Å². The average molecular weight is 434 g/mol. The van der Waals surface area contributed by atoms with Gasteiger partial charge in [0, 0.05) is 16.0 Å². The number of hydrogen-bond acceptors (Lipinski definition) is 5. The minimum atomic E-state index is -1.05. The zero-order chi connectivity index (χ0) is 21.8. The Balaban J connectivity index is 1.68. The maximum absolute atomic E-state index is 13.3. The third-order valence-electron chi connectivity index (χ3n) is 5.33. The topological polar surface area (TPSA) is 101 Å². The van der Waals surface area contributed by atoms with E-state index in [4.69, 9.17) is 5.73 Å². The molecule has 1 atom stereocenters. The molecule has 0 unspecified atom stereocenters. The van der Waals surface area contributed by atoms with Crippen molar-refractivity contribution in [2.24, 2.45) is 5.73 Å². The second-order valence-corrected chi connectivity index (χ2v) is 8.53. The minimum Gasteiger partial charge on any atom is -0.365 e. The summed E-state index contributed by atoms with van der Waals surface area (Å²) < 4.78 is 0. The van der Waals surface area contributed by atoms with Gasteiger partial charge in [0.1, 0.15) is 5.00 Å². The molecule has 0 saturated heterocycles. The Hall–Kier alpha value is -3.45. The van der Waals surface area contributed by atoms with Crippen molar-refractivity contribution in [3.05, 3.63) is 87.8 Å². The molecule has 3 aromatic rings. The zero-order valence-electron chi connectivity index (χ0n) is 16.9. The van der Waals surface area contributed by atoms with E-state index < -0.39 is 12.1 Å². The van der Waals surface area contributed by atoms with Gasteiger partial charge in [0.2, 0.25) is 5.78 Å². The molecule has 0 bridgehead atoms. The van der Waals surface area contributed by atoms with Crippen LogP contribution in [0.2, 0.25) is 0 Å². The van der Waals surface area contributed by atoms with Crippen molar-refractivity contribution >= 4 is 33.9 Å². The average Bonchev–Trinajstić information content (AvgIpc) is 3.17. The number of ketones is 1. The van der Waals surface area contributed by atoms with E-state index in [1.807, 2.05) is 12.1 Å². The van der Waals surface area contributed by atoms with Crippen LogP contribution < -0.4 is 16.4 Å². The third kappa shape index (κ3) is 4.51. The van der Waals surface area contributed by atoms with E-state index in [-0.39, 0.29) is 11.7 Å². The van der Waals surface area contributed by atoms with Crippen LogP contribution in [0, 0.1) is 0 Å². The van der Waals surface area contributed by atoms with Crippen LogP contribution in [-0.4, -0.2) is 23.8 Å². The SMILES string of the molecule is NC(=O)c1c(N[C@@H](NC(=O)c2ccccc2)C(=O)c2ccccc2)sc2c1CCCC2. The van der Waals surface area contributed by atoms with Gasteiger partial charge in [-0.15, -0.1) is 11.3 Å². The summed E-state index contributed by atoms with van der Waals surface area (Å²) in [7, 11) is 0. The van der Waals surface area contributed by atoms with E-state index >= 15 is 0 Å². The Labute approximate surface area is 184 Å². The smallest absolute Gasteiger partial charge is 0.253 e. The van der Waals surface area contributed by atoms with Gasteiger partial charge >= 0.3 is 0 Å². The summed E-state index contributed by atoms with van der Waals surface area (Å²) in [5.41, 5.74) is 7.98. The molecule has 4 rings (SSSR count). The molecule has 0 fully saturated rings. The van der Waals surface area contributed by atoms with Crippen LogP contribution in [-0.2, 0) is 12.8 Å². The number of amides is 2. The molecule has 7 heteroatoms. The molecule has 4 N–H and O–H groups in total. The number of fused-ring (bicyclic) bond motifs is 1. The van der Waals surface area contributed by atoms with E-state index in [2.05, 4.69) is 10.6 Å². The number of primary amides is 1. The summed E-state index contributed by atoms with van der Waals surface area (Å²) in [5, 5.41) is 6.43.